The molecule has 1 aliphatic heterocycles. The molecule has 5 heteroatoms. The third-order valence-electron chi connectivity index (χ3n) is 3.10. The Kier molecular flexibility index (Phi) is 5.59. The normalized spacial score (nSPS) is 15.5. The highest BCUT2D eigenvalue weighted by Crippen LogP contribution is 2.15. The third-order valence-corrected chi connectivity index (χ3v) is 5.26. The van der Waals surface area contributed by atoms with E-state index in [1.54, 1.807) is 31.2 Å². The van der Waals surface area contributed by atoms with E-state index in [4.69, 9.17) is 9.47 Å². The summed E-state index contributed by atoms with van der Waals surface area (Å²) in [4.78, 5) is 23.6. The average Bonchev–Trinajstić information content (AvgIpc) is 2.48. The predicted molar refractivity (Wildman–Crippen MR) is 84.0 cm³/mol. The first-order valence-corrected chi connectivity index (χ1v) is 8.52. The fourth-order valence-corrected chi connectivity index (χ4v) is 3.61. The summed E-state index contributed by atoms with van der Waals surface area (Å²) >= 11 is 0. The minimum absolute atomic E-state index is 0.133. The molecule has 2 rings (SSSR count). The Bertz CT molecular complexity index is 530. The van der Waals surface area contributed by atoms with Crippen molar-refractivity contribution in [1.82, 2.24) is 0 Å². The van der Waals surface area contributed by atoms with Crippen molar-refractivity contribution in [1.29, 1.82) is 0 Å². The van der Waals surface area contributed by atoms with Crippen LogP contribution in [-0.2, 0) is 20.4 Å². The monoisotopic (exact) mass is 307 g/mol. The molecule has 1 heterocycles. The molecule has 0 saturated carbocycles. The van der Waals surface area contributed by atoms with Gasteiger partial charge in [0.25, 0.3) is 0 Å². The summed E-state index contributed by atoms with van der Waals surface area (Å²) in [6.07, 6.45) is 0. The molecule has 1 aromatic rings. The fourth-order valence-electron chi connectivity index (χ4n) is 1.87. The zero-order valence-corrected chi connectivity index (χ0v) is 12.9. The van der Waals surface area contributed by atoms with Crippen LogP contribution in [0, 0.1) is 0 Å². The fraction of sp³-hybridized carbons (Fsp3) is 0.375. The highest BCUT2D eigenvalue weighted by molar-refractivity contribution is 7.97. The minimum Gasteiger partial charge on any atom is -0.423 e. The van der Waals surface area contributed by atoms with Crippen molar-refractivity contribution in [2.75, 3.05) is 30.5 Å². The van der Waals surface area contributed by atoms with Crippen LogP contribution in [0.3, 0.4) is 0 Å². The molecule has 0 aromatic heterocycles. The Hall–Kier alpha value is -1.59. The van der Waals surface area contributed by atoms with Crippen molar-refractivity contribution in [2.24, 2.45) is 0 Å². The van der Waals surface area contributed by atoms with Gasteiger partial charge in [-0.1, -0.05) is 6.58 Å². The molecule has 0 radical (unpaired) electrons. The van der Waals surface area contributed by atoms with Crippen LogP contribution in [0.1, 0.15) is 17.3 Å². The first-order chi connectivity index (χ1) is 10.1. The molecule has 0 spiro atoms. The SMILES string of the molecule is C=C(C)C(=O)Oc1ccc(C(=O)C[S+]2CCOCC2)cc1. The van der Waals surface area contributed by atoms with Crippen molar-refractivity contribution < 1.29 is 19.1 Å². The van der Waals surface area contributed by atoms with Crippen molar-refractivity contribution in [3.05, 3.63) is 42.0 Å². The highest BCUT2D eigenvalue weighted by Gasteiger charge is 2.26. The second-order valence-electron chi connectivity index (χ2n) is 4.89. The van der Waals surface area contributed by atoms with Gasteiger partial charge in [-0.15, -0.1) is 0 Å². The quantitative estimate of drug-likeness (QED) is 0.274. The Morgan fingerprint density at radius 3 is 2.43 bits per heavy atom. The van der Waals surface area contributed by atoms with E-state index in [2.05, 4.69) is 6.58 Å². The number of rotatable bonds is 5. The maximum Gasteiger partial charge on any atom is 0.338 e. The summed E-state index contributed by atoms with van der Waals surface area (Å²) in [7, 11) is 0.133. The number of hydrogen-bond acceptors (Lipinski definition) is 4. The van der Waals surface area contributed by atoms with E-state index in [0.29, 0.717) is 22.6 Å². The number of esters is 1. The summed E-state index contributed by atoms with van der Waals surface area (Å²) in [5.74, 6) is 2.62. The second kappa shape index (κ2) is 7.43. The highest BCUT2D eigenvalue weighted by atomic mass is 32.2. The molecule has 1 aliphatic rings. The number of Topliss-reactive ketones (excluding diaryl/α,β-unsaturated/α-hetero) is 1. The van der Waals surface area contributed by atoms with Gasteiger partial charge in [-0.05, 0) is 31.2 Å². The van der Waals surface area contributed by atoms with E-state index in [-0.39, 0.29) is 16.7 Å². The summed E-state index contributed by atoms with van der Waals surface area (Å²) in [5.41, 5.74) is 1.000. The van der Waals surface area contributed by atoms with Gasteiger partial charge in [0.2, 0.25) is 5.78 Å². The van der Waals surface area contributed by atoms with Crippen LogP contribution in [-0.4, -0.2) is 42.2 Å². The number of ether oxygens (including phenoxy) is 2. The van der Waals surface area contributed by atoms with Gasteiger partial charge in [-0.2, -0.15) is 0 Å². The molecule has 21 heavy (non-hydrogen) atoms. The molecule has 0 N–H and O–H groups in total. The standard InChI is InChI=1S/C16H19O4S/c1-12(2)16(18)20-14-5-3-13(4-6-14)15(17)11-21-9-7-19-8-10-21/h3-6H,1,7-11H2,2H3/q+1. The van der Waals surface area contributed by atoms with Gasteiger partial charge >= 0.3 is 5.97 Å². The number of ketones is 1. The molecule has 0 unspecified atom stereocenters. The van der Waals surface area contributed by atoms with E-state index < -0.39 is 5.97 Å². The summed E-state index contributed by atoms with van der Waals surface area (Å²) in [6.45, 7) is 6.63. The van der Waals surface area contributed by atoms with E-state index in [0.717, 1.165) is 24.7 Å². The smallest absolute Gasteiger partial charge is 0.338 e. The first-order valence-electron chi connectivity index (χ1n) is 6.79. The zero-order valence-electron chi connectivity index (χ0n) is 12.1. The average molecular weight is 307 g/mol. The van der Waals surface area contributed by atoms with Crippen LogP contribution in [0.25, 0.3) is 0 Å². The lowest BCUT2D eigenvalue weighted by molar-refractivity contribution is -0.130. The molecule has 1 fully saturated rings. The summed E-state index contributed by atoms with van der Waals surface area (Å²) in [6, 6.07) is 6.68. The van der Waals surface area contributed by atoms with Crippen molar-refractivity contribution in [3.63, 3.8) is 0 Å². The Morgan fingerprint density at radius 1 is 1.24 bits per heavy atom. The van der Waals surface area contributed by atoms with Gasteiger partial charge in [-0.25, -0.2) is 4.79 Å². The Balaban J connectivity index is 1.93. The molecular formula is C16H19O4S+. The molecule has 1 aromatic carbocycles. The Morgan fingerprint density at radius 2 is 1.86 bits per heavy atom. The molecule has 0 amide bonds. The van der Waals surface area contributed by atoms with Crippen molar-refractivity contribution in [2.45, 2.75) is 6.92 Å². The van der Waals surface area contributed by atoms with Gasteiger partial charge in [0.1, 0.15) is 17.3 Å². The van der Waals surface area contributed by atoms with E-state index in [1.807, 2.05) is 0 Å². The molecule has 1 saturated heterocycles. The van der Waals surface area contributed by atoms with Gasteiger partial charge in [0.05, 0.1) is 13.2 Å². The van der Waals surface area contributed by atoms with Crippen LogP contribution in [0.2, 0.25) is 0 Å². The number of benzene rings is 1. The second-order valence-corrected chi connectivity index (χ2v) is 7.22. The third kappa shape index (κ3) is 4.72. The van der Waals surface area contributed by atoms with Crippen LogP contribution in [0.4, 0.5) is 0 Å². The number of hydrogen-bond donors (Lipinski definition) is 0. The van der Waals surface area contributed by atoms with Crippen LogP contribution >= 0.6 is 0 Å². The largest absolute Gasteiger partial charge is 0.423 e. The lowest BCUT2D eigenvalue weighted by atomic mass is 10.1. The molecule has 0 atom stereocenters. The first kappa shape index (κ1) is 15.8. The van der Waals surface area contributed by atoms with Gasteiger partial charge in [0.15, 0.2) is 5.75 Å². The summed E-state index contributed by atoms with van der Waals surface area (Å²) in [5, 5.41) is 0. The van der Waals surface area contributed by atoms with Gasteiger partial charge in [-0.3, -0.25) is 4.79 Å². The van der Waals surface area contributed by atoms with Gasteiger partial charge in [0, 0.05) is 22.0 Å². The number of carbonyl (C=O) groups is 2. The molecular weight excluding hydrogens is 288 g/mol. The topological polar surface area (TPSA) is 52.6 Å². The van der Waals surface area contributed by atoms with E-state index in [9.17, 15) is 9.59 Å². The van der Waals surface area contributed by atoms with Crippen LogP contribution in [0.15, 0.2) is 36.4 Å². The summed E-state index contributed by atoms with van der Waals surface area (Å²) < 4.78 is 10.4. The minimum atomic E-state index is -0.460. The van der Waals surface area contributed by atoms with E-state index in [1.165, 1.54) is 0 Å². The van der Waals surface area contributed by atoms with E-state index >= 15 is 0 Å². The van der Waals surface area contributed by atoms with Crippen molar-refractivity contribution >= 4 is 22.6 Å². The predicted octanol–water partition coefficient (Wildman–Crippen LogP) is 2.00. The molecule has 112 valence electrons. The van der Waals surface area contributed by atoms with Crippen molar-refractivity contribution in [3.8, 4) is 5.75 Å². The Labute approximate surface area is 127 Å². The number of carbonyl (C=O) groups excluding carboxylic acids is 2. The lowest BCUT2D eigenvalue weighted by Gasteiger charge is -2.13. The van der Waals surface area contributed by atoms with Crippen LogP contribution in [0.5, 0.6) is 5.75 Å². The molecule has 4 nitrogen and oxygen atoms in total. The maximum atomic E-state index is 12.2. The maximum absolute atomic E-state index is 12.2. The zero-order chi connectivity index (χ0) is 15.2. The molecule has 0 bridgehead atoms. The van der Waals surface area contributed by atoms with Gasteiger partial charge < -0.3 is 9.47 Å². The lowest BCUT2D eigenvalue weighted by Crippen LogP contribution is -2.31. The van der Waals surface area contributed by atoms with Crippen LogP contribution < -0.4 is 4.74 Å². The molecule has 0 aliphatic carbocycles.